The van der Waals surface area contributed by atoms with Gasteiger partial charge in [-0.05, 0) is 33.6 Å². The van der Waals surface area contributed by atoms with Gasteiger partial charge in [-0.2, -0.15) is 0 Å². The maximum Gasteiger partial charge on any atom is 0.104 e. The molecule has 1 unspecified atom stereocenters. The Balaban J connectivity index is 2.38. The van der Waals surface area contributed by atoms with Gasteiger partial charge in [-0.3, -0.25) is 0 Å². The van der Waals surface area contributed by atoms with Crippen LogP contribution in [-0.2, 0) is 5.41 Å². The summed E-state index contributed by atoms with van der Waals surface area (Å²) < 4.78 is 0. The molecule has 1 heteroatoms. The Kier molecular flexibility index (Phi) is 4.53. The van der Waals surface area contributed by atoms with Crippen LogP contribution in [0.2, 0.25) is 0 Å². The molecule has 0 aliphatic carbocycles. The first kappa shape index (κ1) is 15.8. The van der Waals surface area contributed by atoms with Gasteiger partial charge < -0.3 is 5.11 Å². The molecule has 0 aliphatic rings. The number of hydrogen-bond donors (Lipinski definition) is 1. The molecule has 0 amide bonds. The second-order valence-corrected chi connectivity index (χ2v) is 7.06. The third-order valence-electron chi connectivity index (χ3n) is 3.98. The summed E-state index contributed by atoms with van der Waals surface area (Å²) in [5, 5.41) is 10.8. The van der Waals surface area contributed by atoms with Crippen molar-refractivity contribution in [3.63, 3.8) is 0 Å². The number of aliphatic hydroxyl groups is 1. The lowest BCUT2D eigenvalue weighted by Gasteiger charge is -2.25. The van der Waals surface area contributed by atoms with E-state index in [1.54, 1.807) is 0 Å². The van der Waals surface area contributed by atoms with Crippen molar-refractivity contribution in [2.75, 3.05) is 0 Å². The van der Waals surface area contributed by atoms with E-state index in [4.69, 9.17) is 0 Å². The Morgan fingerprint density at radius 3 is 1.86 bits per heavy atom. The van der Waals surface area contributed by atoms with Crippen LogP contribution in [0.15, 0.2) is 48.5 Å². The third-order valence-corrected chi connectivity index (χ3v) is 3.98. The highest BCUT2D eigenvalue weighted by Crippen LogP contribution is 2.32. The first-order chi connectivity index (χ1) is 9.80. The molecule has 21 heavy (non-hydrogen) atoms. The van der Waals surface area contributed by atoms with Gasteiger partial charge >= 0.3 is 0 Å². The summed E-state index contributed by atoms with van der Waals surface area (Å²) >= 11 is 0. The van der Waals surface area contributed by atoms with E-state index < -0.39 is 6.10 Å². The van der Waals surface area contributed by atoms with Crippen LogP contribution in [0.4, 0.5) is 0 Å². The van der Waals surface area contributed by atoms with Gasteiger partial charge in [-0.15, -0.1) is 0 Å². The quantitative estimate of drug-likeness (QED) is 0.821. The van der Waals surface area contributed by atoms with Gasteiger partial charge in [0, 0.05) is 0 Å². The van der Waals surface area contributed by atoms with Gasteiger partial charge in [-0.25, -0.2) is 0 Å². The molecular weight excluding hydrogens is 256 g/mol. The molecule has 2 aromatic rings. The van der Waals surface area contributed by atoms with Crippen molar-refractivity contribution in [3.8, 4) is 0 Å². The van der Waals surface area contributed by atoms with Gasteiger partial charge in [0.25, 0.3) is 0 Å². The summed E-state index contributed by atoms with van der Waals surface area (Å²) in [6, 6.07) is 16.5. The molecule has 1 N–H and O–H groups in total. The summed E-state index contributed by atoms with van der Waals surface area (Å²) in [7, 11) is 0. The van der Waals surface area contributed by atoms with Crippen LogP contribution in [0.25, 0.3) is 0 Å². The predicted octanol–water partition coefficient (Wildman–Crippen LogP) is 5.19. The smallest absolute Gasteiger partial charge is 0.104 e. The molecule has 2 rings (SSSR count). The predicted molar refractivity (Wildman–Crippen MR) is 89.7 cm³/mol. The number of rotatable bonds is 3. The molecule has 0 aromatic heterocycles. The minimum atomic E-state index is -0.568. The lowest BCUT2D eigenvalue weighted by atomic mass is 9.81. The average molecular weight is 282 g/mol. The van der Waals surface area contributed by atoms with E-state index in [1.807, 2.05) is 30.3 Å². The van der Waals surface area contributed by atoms with Crippen molar-refractivity contribution in [1.82, 2.24) is 0 Å². The highest BCUT2D eigenvalue weighted by molar-refractivity contribution is 5.40. The Morgan fingerprint density at radius 2 is 1.33 bits per heavy atom. The molecule has 0 spiro atoms. The second kappa shape index (κ2) is 6.03. The number of aliphatic hydroxyl groups excluding tert-OH is 1. The largest absolute Gasteiger partial charge is 0.384 e. The molecule has 0 fully saturated rings. The van der Waals surface area contributed by atoms with Crippen molar-refractivity contribution >= 4 is 0 Å². The summed E-state index contributed by atoms with van der Waals surface area (Å²) in [6.45, 7) is 10.9. The summed E-state index contributed by atoms with van der Waals surface area (Å²) in [5.41, 5.74) is 4.48. The zero-order valence-corrected chi connectivity index (χ0v) is 13.7. The van der Waals surface area contributed by atoms with E-state index in [2.05, 4.69) is 52.8 Å². The van der Waals surface area contributed by atoms with Crippen LogP contribution < -0.4 is 0 Å². The Hall–Kier alpha value is -1.60. The SMILES string of the molecule is CC(C)c1ccc(C(O)c2ccccc2C(C)(C)C)cc1. The molecule has 112 valence electrons. The Morgan fingerprint density at radius 1 is 0.810 bits per heavy atom. The van der Waals surface area contributed by atoms with Crippen molar-refractivity contribution in [3.05, 3.63) is 70.8 Å². The van der Waals surface area contributed by atoms with Gasteiger partial charge in [0.05, 0.1) is 0 Å². The van der Waals surface area contributed by atoms with E-state index in [1.165, 1.54) is 11.1 Å². The molecule has 0 radical (unpaired) electrons. The summed E-state index contributed by atoms with van der Waals surface area (Å²) in [6.07, 6.45) is -0.568. The summed E-state index contributed by atoms with van der Waals surface area (Å²) in [4.78, 5) is 0. The van der Waals surface area contributed by atoms with Gasteiger partial charge in [0.15, 0.2) is 0 Å². The van der Waals surface area contributed by atoms with Crippen LogP contribution in [-0.4, -0.2) is 5.11 Å². The maximum atomic E-state index is 10.8. The minimum Gasteiger partial charge on any atom is -0.384 e. The van der Waals surface area contributed by atoms with E-state index in [-0.39, 0.29) is 5.41 Å². The normalized spacial score (nSPS) is 13.5. The van der Waals surface area contributed by atoms with E-state index >= 15 is 0 Å². The lowest BCUT2D eigenvalue weighted by Crippen LogP contribution is -2.16. The van der Waals surface area contributed by atoms with Crippen molar-refractivity contribution in [1.29, 1.82) is 0 Å². The average Bonchev–Trinajstić information content (AvgIpc) is 2.45. The molecule has 0 aliphatic heterocycles. The maximum absolute atomic E-state index is 10.8. The third kappa shape index (κ3) is 3.54. The van der Waals surface area contributed by atoms with Crippen molar-refractivity contribution < 1.29 is 5.11 Å². The molecule has 2 aromatic carbocycles. The molecule has 0 saturated heterocycles. The molecule has 0 bridgehead atoms. The molecule has 1 nitrogen and oxygen atoms in total. The summed E-state index contributed by atoms with van der Waals surface area (Å²) in [5.74, 6) is 0.512. The lowest BCUT2D eigenvalue weighted by molar-refractivity contribution is 0.217. The highest BCUT2D eigenvalue weighted by Gasteiger charge is 2.22. The standard InChI is InChI=1S/C20H26O/c1-14(2)15-10-12-16(13-11-15)19(21)17-8-6-7-9-18(17)20(3,4)5/h6-14,19,21H,1-5H3. The van der Waals surface area contributed by atoms with E-state index in [9.17, 15) is 5.11 Å². The molecule has 1 atom stereocenters. The van der Waals surface area contributed by atoms with Crippen LogP contribution in [0, 0.1) is 0 Å². The topological polar surface area (TPSA) is 20.2 Å². The Bertz CT molecular complexity index is 588. The van der Waals surface area contributed by atoms with E-state index in [0.717, 1.165) is 11.1 Å². The minimum absolute atomic E-state index is 0.0233. The highest BCUT2D eigenvalue weighted by atomic mass is 16.3. The van der Waals surface area contributed by atoms with Crippen molar-refractivity contribution in [2.24, 2.45) is 0 Å². The van der Waals surface area contributed by atoms with E-state index in [0.29, 0.717) is 5.92 Å². The van der Waals surface area contributed by atoms with Gasteiger partial charge in [-0.1, -0.05) is 83.1 Å². The van der Waals surface area contributed by atoms with Crippen LogP contribution >= 0.6 is 0 Å². The zero-order valence-electron chi connectivity index (χ0n) is 13.7. The fourth-order valence-corrected chi connectivity index (χ4v) is 2.66. The number of benzene rings is 2. The van der Waals surface area contributed by atoms with Gasteiger partial charge in [0.2, 0.25) is 0 Å². The van der Waals surface area contributed by atoms with Crippen LogP contribution in [0.1, 0.15) is 68.9 Å². The second-order valence-electron chi connectivity index (χ2n) is 7.06. The van der Waals surface area contributed by atoms with Crippen LogP contribution in [0.3, 0.4) is 0 Å². The zero-order chi connectivity index (χ0) is 15.6. The van der Waals surface area contributed by atoms with Gasteiger partial charge in [0.1, 0.15) is 6.10 Å². The molecule has 0 heterocycles. The van der Waals surface area contributed by atoms with Crippen LogP contribution in [0.5, 0.6) is 0 Å². The number of hydrogen-bond acceptors (Lipinski definition) is 1. The fraction of sp³-hybridized carbons (Fsp3) is 0.400. The molecule has 0 saturated carbocycles. The fourth-order valence-electron chi connectivity index (χ4n) is 2.66. The first-order valence-corrected chi connectivity index (χ1v) is 7.68. The van der Waals surface area contributed by atoms with Crippen molar-refractivity contribution in [2.45, 2.75) is 52.1 Å². The molecular formula is C20H26O. The monoisotopic (exact) mass is 282 g/mol. The Labute approximate surface area is 128 Å². The first-order valence-electron chi connectivity index (χ1n) is 7.68.